The van der Waals surface area contributed by atoms with E-state index in [1.165, 1.54) is 0 Å². The van der Waals surface area contributed by atoms with Crippen LogP contribution in [0.15, 0.2) is 24.8 Å². The number of carbonyl (C=O) groups is 1. The molecule has 4 heteroatoms. The molecule has 0 bridgehead atoms. The zero-order chi connectivity index (χ0) is 13.4. The third kappa shape index (κ3) is 2.15. The van der Waals surface area contributed by atoms with E-state index < -0.39 is 0 Å². The summed E-state index contributed by atoms with van der Waals surface area (Å²) < 4.78 is 1.72. The van der Waals surface area contributed by atoms with Gasteiger partial charge in [0, 0.05) is 18.3 Å². The zero-order valence-corrected chi connectivity index (χ0v) is 11.4. The lowest BCUT2D eigenvalue weighted by molar-refractivity contribution is 0.0839. The first-order chi connectivity index (χ1) is 9.16. The van der Waals surface area contributed by atoms with Crippen LogP contribution in [-0.4, -0.2) is 20.4 Å². The third-order valence-corrected chi connectivity index (χ3v) is 4.56. The standard InChI is InChI=1S/C15H19N3O/c1-10-3-4-12(7-11(10)2)15(19)13-8-17-18-6-5-16-9-14(13)18/h5-6,8-12H,3-4,7H2,1-2H3. The normalized spacial score (nSPS) is 27.6. The molecule has 1 saturated carbocycles. The molecule has 0 radical (unpaired) electrons. The molecular formula is C15H19N3O. The van der Waals surface area contributed by atoms with E-state index >= 15 is 0 Å². The van der Waals surface area contributed by atoms with E-state index in [0.717, 1.165) is 36.3 Å². The van der Waals surface area contributed by atoms with Crippen LogP contribution in [0.5, 0.6) is 0 Å². The summed E-state index contributed by atoms with van der Waals surface area (Å²) in [5.41, 5.74) is 1.54. The highest BCUT2D eigenvalue weighted by atomic mass is 16.1. The monoisotopic (exact) mass is 257 g/mol. The van der Waals surface area contributed by atoms with Gasteiger partial charge in [-0.05, 0) is 31.1 Å². The van der Waals surface area contributed by atoms with Crippen LogP contribution in [0.25, 0.3) is 5.52 Å². The highest BCUT2D eigenvalue weighted by Crippen LogP contribution is 2.35. The highest BCUT2D eigenvalue weighted by Gasteiger charge is 2.30. The largest absolute Gasteiger partial charge is 0.294 e. The molecule has 0 spiro atoms. The molecule has 0 aromatic carbocycles. The van der Waals surface area contributed by atoms with Gasteiger partial charge in [0.15, 0.2) is 5.78 Å². The fraction of sp³-hybridized carbons (Fsp3) is 0.533. The summed E-state index contributed by atoms with van der Waals surface area (Å²) in [5, 5.41) is 4.22. The average molecular weight is 257 g/mol. The number of hydrogen-bond donors (Lipinski definition) is 0. The number of ketones is 1. The SMILES string of the molecule is CC1CCC(C(=O)c2cnn3ccncc23)CC1C. The van der Waals surface area contributed by atoms with E-state index in [4.69, 9.17) is 0 Å². The Morgan fingerprint density at radius 2 is 2.11 bits per heavy atom. The summed E-state index contributed by atoms with van der Waals surface area (Å²) in [7, 11) is 0. The highest BCUT2D eigenvalue weighted by molar-refractivity contribution is 6.03. The maximum atomic E-state index is 12.6. The van der Waals surface area contributed by atoms with E-state index in [9.17, 15) is 4.79 Å². The molecule has 1 fully saturated rings. The predicted octanol–water partition coefficient (Wildman–Crippen LogP) is 2.98. The first kappa shape index (κ1) is 12.3. The molecule has 4 nitrogen and oxygen atoms in total. The lowest BCUT2D eigenvalue weighted by Crippen LogP contribution is -2.26. The molecule has 0 aliphatic heterocycles. The second kappa shape index (κ2) is 4.76. The van der Waals surface area contributed by atoms with Crippen LogP contribution in [0.3, 0.4) is 0 Å². The summed E-state index contributed by atoms with van der Waals surface area (Å²) in [5.74, 6) is 1.75. The second-order valence-electron chi connectivity index (χ2n) is 5.79. The van der Waals surface area contributed by atoms with Gasteiger partial charge in [-0.3, -0.25) is 9.78 Å². The van der Waals surface area contributed by atoms with Crippen molar-refractivity contribution >= 4 is 11.3 Å². The van der Waals surface area contributed by atoms with Crippen molar-refractivity contribution in [1.82, 2.24) is 14.6 Å². The van der Waals surface area contributed by atoms with Crippen molar-refractivity contribution in [3.05, 3.63) is 30.4 Å². The molecule has 1 aliphatic rings. The molecule has 1 aliphatic carbocycles. The first-order valence-electron chi connectivity index (χ1n) is 6.98. The number of carbonyl (C=O) groups excluding carboxylic acids is 1. The molecular weight excluding hydrogens is 238 g/mol. The van der Waals surface area contributed by atoms with Gasteiger partial charge in [0.1, 0.15) is 0 Å². The van der Waals surface area contributed by atoms with Gasteiger partial charge in [-0.25, -0.2) is 4.52 Å². The van der Waals surface area contributed by atoms with Crippen molar-refractivity contribution in [3.8, 4) is 0 Å². The molecule has 100 valence electrons. The van der Waals surface area contributed by atoms with Crippen molar-refractivity contribution in [2.75, 3.05) is 0 Å². The van der Waals surface area contributed by atoms with Crippen LogP contribution in [0.4, 0.5) is 0 Å². The summed E-state index contributed by atoms with van der Waals surface area (Å²) in [6, 6.07) is 0. The van der Waals surface area contributed by atoms with Gasteiger partial charge in [-0.1, -0.05) is 13.8 Å². The summed E-state index contributed by atoms with van der Waals surface area (Å²) in [4.78, 5) is 16.7. The van der Waals surface area contributed by atoms with E-state index in [-0.39, 0.29) is 11.7 Å². The zero-order valence-electron chi connectivity index (χ0n) is 11.4. The summed E-state index contributed by atoms with van der Waals surface area (Å²) in [6.45, 7) is 4.53. The summed E-state index contributed by atoms with van der Waals surface area (Å²) in [6.07, 6.45) is 10.0. The molecule has 3 rings (SSSR count). The Kier molecular flexibility index (Phi) is 3.09. The molecule has 3 atom stereocenters. The van der Waals surface area contributed by atoms with E-state index in [1.807, 2.05) is 0 Å². The summed E-state index contributed by atoms with van der Waals surface area (Å²) >= 11 is 0. The lowest BCUT2D eigenvalue weighted by Gasteiger charge is -2.31. The van der Waals surface area contributed by atoms with E-state index in [1.54, 1.807) is 29.3 Å². The molecule has 2 aromatic rings. The van der Waals surface area contributed by atoms with Gasteiger partial charge in [0.2, 0.25) is 0 Å². The molecule has 0 amide bonds. The van der Waals surface area contributed by atoms with Gasteiger partial charge in [0.25, 0.3) is 0 Å². The Morgan fingerprint density at radius 1 is 1.26 bits per heavy atom. The van der Waals surface area contributed by atoms with Gasteiger partial charge >= 0.3 is 0 Å². The maximum absolute atomic E-state index is 12.6. The molecule has 0 saturated heterocycles. The Morgan fingerprint density at radius 3 is 2.89 bits per heavy atom. The van der Waals surface area contributed by atoms with Crippen LogP contribution in [0.1, 0.15) is 43.5 Å². The fourth-order valence-corrected chi connectivity index (χ4v) is 3.03. The van der Waals surface area contributed by atoms with Gasteiger partial charge in [-0.15, -0.1) is 0 Å². The minimum atomic E-state index is 0.152. The topological polar surface area (TPSA) is 47.3 Å². The number of Topliss-reactive ketones (excluding diaryl/α,β-unsaturated/α-hetero) is 1. The number of aromatic nitrogens is 3. The van der Waals surface area contributed by atoms with Crippen molar-refractivity contribution < 1.29 is 4.79 Å². The Balaban J connectivity index is 1.88. The Hall–Kier alpha value is -1.71. The van der Waals surface area contributed by atoms with E-state index in [0.29, 0.717) is 5.92 Å². The first-order valence-corrected chi connectivity index (χ1v) is 6.98. The molecule has 2 heterocycles. The second-order valence-corrected chi connectivity index (χ2v) is 5.79. The predicted molar refractivity (Wildman–Crippen MR) is 73.0 cm³/mol. The average Bonchev–Trinajstić information content (AvgIpc) is 2.85. The van der Waals surface area contributed by atoms with E-state index in [2.05, 4.69) is 23.9 Å². The van der Waals surface area contributed by atoms with Crippen LogP contribution in [0.2, 0.25) is 0 Å². The third-order valence-electron chi connectivity index (χ3n) is 4.56. The lowest BCUT2D eigenvalue weighted by atomic mass is 9.73. The Labute approximate surface area is 112 Å². The minimum absolute atomic E-state index is 0.152. The van der Waals surface area contributed by atoms with Crippen molar-refractivity contribution in [2.45, 2.75) is 33.1 Å². The van der Waals surface area contributed by atoms with Crippen LogP contribution in [0, 0.1) is 17.8 Å². The van der Waals surface area contributed by atoms with Gasteiger partial charge in [-0.2, -0.15) is 5.10 Å². The number of nitrogens with zero attached hydrogens (tertiary/aromatic N) is 3. The Bertz CT molecular complexity index is 604. The number of hydrogen-bond acceptors (Lipinski definition) is 3. The number of fused-ring (bicyclic) bond motifs is 1. The fourth-order valence-electron chi connectivity index (χ4n) is 3.03. The van der Waals surface area contributed by atoms with Crippen molar-refractivity contribution in [2.24, 2.45) is 17.8 Å². The van der Waals surface area contributed by atoms with Crippen molar-refractivity contribution in [1.29, 1.82) is 0 Å². The smallest absolute Gasteiger partial charge is 0.169 e. The number of rotatable bonds is 2. The molecule has 19 heavy (non-hydrogen) atoms. The minimum Gasteiger partial charge on any atom is -0.294 e. The van der Waals surface area contributed by atoms with Crippen LogP contribution in [-0.2, 0) is 0 Å². The van der Waals surface area contributed by atoms with Gasteiger partial charge in [0.05, 0.1) is 23.5 Å². The molecule has 2 aromatic heterocycles. The molecule has 0 N–H and O–H groups in total. The van der Waals surface area contributed by atoms with Crippen molar-refractivity contribution in [3.63, 3.8) is 0 Å². The van der Waals surface area contributed by atoms with Crippen LogP contribution < -0.4 is 0 Å². The quantitative estimate of drug-likeness (QED) is 0.777. The van der Waals surface area contributed by atoms with Gasteiger partial charge < -0.3 is 0 Å². The van der Waals surface area contributed by atoms with Crippen LogP contribution >= 0.6 is 0 Å². The molecule has 3 unspecified atom stereocenters. The maximum Gasteiger partial charge on any atom is 0.169 e.